The van der Waals surface area contributed by atoms with E-state index in [1.165, 1.54) is 0 Å². The molecule has 0 saturated heterocycles. The first kappa shape index (κ1) is 12.2. The maximum Gasteiger partial charge on any atom is 0.337 e. The van der Waals surface area contributed by atoms with Crippen molar-refractivity contribution >= 4 is 17.0 Å². The number of rotatable bonds is 2. The van der Waals surface area contributed by atoms with E-state index in [1.54, 1.807) is 18.5 Å². The van der Waals surface area contributed by atoms with Crippen LogP contribution in [0.4, 0.5) is 0 Å². The summed E-state index contributed by atoms with van der Waals surface area (Å²) in [5.74, 6) is -0.926. The number of carboxylic acid groups (broad SMARTS) is 1. The Labute approximate surface area is 112 Å². The van der Waals surface area contributed by atoms with E-state index in [-0.39, 0.29) is 16.4 Å². The highest BCUT2D eigenvalue weighted by Gasteiger charge is 2.66. The Morgan fingerprint density at radius 1 is 1.26 bits per heavy atom. The molecule has 2 aromatic rings. The summed E-state index contributed by atoms with van der Waals surface area (Å²) in [6.45, 7) is 8.96. The smallest absolute Gasteiger partial charge is 0.337 e. The second-order valence-electron chi connectivity index (χ2n) is 6.48. The van der Waals surface area contributed by atoms with Crippen LogP contribution in [0.1, 0.15) is 44.1 Å². The number of aromatic nitrogens is 2. The summed E-state index contributed by atoms with van der Waals surface area (Å²) in [6, 6.07) is 5.69. The molecule has 1 fully saturated rings. The van der Waals surface area contributed by atoms with E-state index in [9.17, 15) is 9.90 Å². The topological polar surface area (TPSA) is 55.1 Å². The first-order valence-electron chi connectivity index (χ1n) is 6.47. The summed E-state index contributed by atoms with van der Waals surface area (Å²) in [5, 5.41) is 9.20. The standard InChI is InChI=1S/C15H18N2O2/c1-14(2)13(15(14,3)4)17-8-16-11-9(12(18)19)6-5-7-10(11)17/h5-8,13H,1-4H3,(H,18,19). The molecule has 0 spiro atoms. The summed E-state index contributed by atoms with van der Waals surface area (Å²) >= 11 is 0. The molecule has 1 aromatic heterocycles. The van der Waals surface area contributed by atoms with E-state index in [1.807, 2.05) is 6.07 Å². The molecule has 0 aliphatic heterocycles. The number of aromatic carboxylic acids is 1. The van der Waals surface area contributed by atoms with Gasteiger partial charge in [-0.3, -0.25) is 0 Å². The normalized spacial score (nSPS) is 20.6. The van der Waals surface area contributed by atoms with Gasteiger partial charge in [-0.25, -0.2) is 9.78 Å². The van der Waals surface area contributed by atoms with Gasteiger partial charge in [-0.05, 0) is 23.0 Å². The average molecular weight is 258 g/mol. The van der Waals surface area contributed by atoms with Crippen molar-refractivity contribution in [3.63, 3.8) is 0 Å². The third-order valence-corrected chi connectivity index (χ3v) is 5.06. The summed E-state index contributed by atoms with van der Waals surface area (Å²) in [7, 11) is 0. The van der Waals surface area contributed by atoms with Crippen molar-refractivity contribution in [1.82, 2.24) is 9.55 Å². The minimum atomic E-state index is -0.926. The molecule has 0 unspecified atom stereocenters. The lowest BCUT2D eigenvalue weighted by atomic mass is 10.0. The van der Waals surface area contributed by atoms with Gasteiger partial charge in [0.25, 0.3) is 0 Å². The lowest BCUT2D eigenvalue weighted by molar-refractivity contribution is 0.0699. The highest BCUT2D eigenvalue weighted by Crippen LogP contribution is 2.71. The Morgan fingerprint density at radius 2 is 1.89 bits per heavy atom. The van der Waals surface area contributed by atoms with E-state index in [0.29, 0.717) is 11.6 Å². The Bertz CT molecular complexity index is 669. The monoisotopic (exact) mass is 258 g/mol. The fraction of sp³-hybridized carbons (Fsp3) is 0.467. The molecule has 1 aliphatic carbocycles. The zero-order valence-electron chi connectivity index (χ0n) is 11.6. The number of carboxylic acids is 1. The lowest BCUT2D eigenvalue weighted by Gasteiger charge is -2.06. The SMILES string of the molecule is CC1(C)C(n2cnc3c(C(=O)O)cccc32)C1(C)C. The zero-order chi connectivity index (χ0) is 14.0. The van der Waals surface area contributed by atoms with E-state index in [0.717, 1.165) is 5.52 Å². The summed E-state index contributed by atoms with van der Waals surface area (Å²) < 4.78 is 2.13. The van der Waals surface area contributed by atoms with Crippen molar-refractivity contribution in [2.75, 3.05) is 0 Å². The van der Waals surface area contributed by atoms with E-state index >= 15 is 0 Å². The van der Waals surface area contributed by atoms with Crippen LogP contribution in [-0.2, 0) is 0 Å². The highest BCUT2D eigenvalue weighted by atomic mass is 16.4. The van der Waals surface area contributed by atoms with Gasteiger partial charge in [0.05, 0.1) is 17.4 Å². The third-order valence-electron chi connectivity index (χ3n) is 5.06. The van der Waals surface area contributed by atoms with Crippen LogP contribution < -0.4 is 0 Å². The minimum Gasteiger partial charge on any atom is -0.478 e. The predicted octanol–water partition coefficient (Wildman–Crippen LogP) is 3.34. The number of hydrogen-bond donors (Lipinski definition) is 1. The highest BCUT2D eigenvalue weighted by molar-refractivity contribution is 6.01. The van der Waals surface area contributed by atoms with Gasteiger partial charge in [0.1, 0.15) is 5.52 Å². The largest absolute Gasteiger partial charge is 0.478 e. The van der Waals surface area contributed by atoms with Crippen molar-refractivity contribution in [3.8, 4) is 0 Å². The molecule has 1 aromatic carbocycles. The minimum absolute atomic E-state index is 0.194. The van der Waals surface area contributed by atoms with Gasteiger partial charge in [0.15, 0.2) is 0 Å². The van der Waals surface area contributed by atoms with Crippen LogP contribution in [0.25, 0.3) is 11.0 Å². The molecule has 4 heteroatoms. The van der Waals surface area contributed by atoms with Crippen molar-refractivity contribution in [2.24, 2.45) is 10.8 Å². The molecule has 1 aliphatic rings. The number of carbonyl (C=O) groups is 1. The van der Waals surface area contributed by atoms with Crippen molar-refractivity contribution in [1.29, 1.82) is 0 Å². The Balaban J connectivity index is 2.19. The Hall–Kier alpha value is -1.84. The number of benzene rings is 1. The molecule has 19 heavy (non-hydrogen) atoms. The number of para-hydroxylation sites is 1. The molecule has 0 bridgehead atoms. The maximum atomic E-state index is 11.2. The van der Waals surface area contributed by atoms with Gasteiger partial charge < -0.3 is 9.67 Å². The van der Waals surface area contributed by atoms with Crippen LogP contribution in [0.15, 0.2) is 24.5 Å². The molecule has 1 saturated carbocycles. The molecular weight excluding hydrogens is 240 g/mol. The second-order valence-corrected chi connectivity index (χ2v) is 6.48. The maximum absolute atomic E-state index is 11.2. The fourth-order valence-electron chi connectivity index (χ4n) is 3.29. The molecule has 0 amide bonds. The van der Waals surface area contributed by atoms with Crippen molar-refractivity contribution in [3.05, 3.63) is 30.1 Å². The number of nitrogens with zero attached hydrogens (tertiary/aromatic N) is 2. The van der Waals surface area contributed by atoms with Crippen LogP contribution in [0.2, 0.25) is 0 Å². The molecule has 100 valence electrons. The average Bonchev–Trinajstić information content (AvgIpc) is 2.65. The molecular formula is C15H18N2O2. The van der Waals surface area contributed by atoms with E-state index in [2.05, 4.69) is 37.2 Å². The van der Waals surface area contributed by atoms with Crippen LogP contribution >= 0.6 is 0 Å². The van der Waals surface area contributed by atoms with Crippen molar-refractivity contribution in [2.45, 2.75) is 33.7 Å². The molecule has 0 radical (unpaired) electrons. The van der Waals surface area contributed by atoms with E-state index < -0.39 is 5.97 Å². The zero-order valence-corrected chi connectivity index (χ0v) is 11.6. The number of hydrogen-bond acceptors (Lipinski definition) is 2. The van der Waals surface area contributed by atoms with Gasteiger partial charge in [-0.1, -0.05) is 33.8 Å². The molecule has 1 N–H and O–H groups in total. The van der Waals surface area contributed by atoms with E-state index in [4.69, 9.17) is 0 Å². The first-order chi connectivity index (χ1) is 8.78. The first-order valence-corrected chi connectivity index (χ1v) is 6.47. The van der Waals surface area contributed by atoms with Gasteiger partial charge >= 0.3 is 5.97 Å². The van der Waals surface area contributed by atoms with Gasteiger partial charge in [0.2, 0.25) is 0 Å². The van der Waals surface area contributed by atoms with Crippen molar-refractivity contribution < 1.29 is 9.90 Å². The second kappa shape index (κ2) is 3.38. The molecule has 1 heterocycles. The van der Waals surface area contributed by atoms with Gasteiger partial charge in [-0.15, -0.1) is 0 Å². The number of imidazole rings is 1. The third kappa shape index (κ3) is 1.40. The lowest BCUT2D eigenvalue weighted by Crippen LogP contribution is -2.00. The van der Waals surface area contributed by atoms with Crippen LogP contribution in [0.5, 0.6) is 0 Å². The predicted molar refractivity (Wildman–Crippen MR) is 73.3 cm³/mol. The summed E-state index contributed by atoms with van der Waals surface area (Å²) in [6.07, 6.45) is 1.78. The molecule has 0 atom stereocenters. The molecule has 4 nitrogen and oxygen atoms in total. The Kier molecular flexibility index (Phi) is 2.17. The van der Waals surface area contributed by atoms with Crippen LogP contribution in [0.3, 0.4) is 0 Å². The van der Waals surface area contributed by atoms with Gasteiger partial charge in [-0.2, -0.15) is 0 Å². The fourth-order valence-corrected chi connectivity index (χ4v) is 3.29. The summed E-state index contributed by atoms with van der Waals surface area (Å²) in [5.41, 5.74) is 2.14. The quantitative estimate of drug-likeness (QED) is 0.898. The summed E-state index contributed by atoms with van der Waals surface area (Å²) in [4.78, 5) is 15.5. The van der Waals surface area contributed by atoms with Gasteiger partial charge in [0, 0.05) is 6.04 Å². The number of fused-ring (bicyclic) bond motifs is 1. The molecule has 3 rings (SSSR count). The Morgan fingerprint density at radius 3 is 2.42 bits per heavy atom. The van der Waals surface area contributed by atoms with Crippen LogP contribution in [-0.4, -0.2) is 20.6 Å². The van der Waals surface area contributed by atoms with Crippen LogP contribution in [0, 0.1) is 10.8 Å².